The normalized spacial score (nSPS) is 12.9. The summed E-state index contributed by atoms with van der Waals surface area (Å²) >= 11 is 0. The highest BCUT2D eigenvalue weighted by Crippen LogP contribution is 2.30. The summed E-state index contributed by atoms with van der Waals surface area (Å²) in [7, 11) is 1.69. The Kier molecular flexibility index (Phi) is 3.53. The largest absolute Gasteiger partial charge is 0.322 e. The van der Waals surface area contributed by atoms with Gasteiger partial charge < -0.3 is 10.2 Å². The highest BCUT2D eigenvalue weighted by atomic mass is 16.6. The highest BCUT2D eigenvalue weighted by Gasteiger charge is 2.25. The summed E-state index contributed by atoms with van der Waals surface area (Å²) in [5.74, 6) is -0.572. The first-order chi connectivity index (χ1) is 11.0. The molecular formula is C16H13N3O4. The number of anilines is 2. The van der Waals surface area contributed by atoms with E-state index in [2.05, 4.69) is 5.32 Å². The van der Waals surface area contributed by atoms with Crippen molar-refractivity contribution in [3.8, 4) is 0 Å². The second kappa shape index (κ2) is 5.53. The van der Waals surface area contributed by atoms with Crippen LogP contribution in [0.5, 0.6) is 0 Å². The fourth-order valence-corrected chi connectivity index (χ4v) is 2.57. The third kappa shape index (κ3) is 2.64. The molecule has 0 radical (unpaired) electrons. The van der Waals surface area contributed by atoms with Crippen molar-refractivity contribution < 1.29 is 14.5 Å². The van der Waals surface area contributed by atoms with Crippen LogP contribution in [0.3, 0.4) is 0 Å². The molecule has 7 nitrogen and oxygen atoms in total. The van der Waals surface area contributed by atoms with Crippen LogP contribution in [-0.2, 0) is 11.2 Å². The molecule has 2 amide bonds. The monoisotopic (exact) mass is 311 g/mol. The summed E-state index contributed by atoms with van der Waals surface area (Å²) in [6.45, 7) is 0. The number of nitro benzene ring substituents is 1. The van der Waals surface area contributed by atoms with Crippen LogP contribution in [0.15, 0.2) is 42.5 Å². The molecule has 1 aliphatic heterocycles. The van der Waals surface area contributed by atoms with Gasteiger partial charge in [-0.2, -0.15) is 0 Å². The molecule has 1 N–H and O–H groups in total. The number of nitrogens with zero attached hydrogens (tertiary/aromatic N) is 2. The smallest absolute Gasteiger partial charge is 0.282 e. The van der Waals surface area contributed by atoms with E-state index in [9.17, 15) is 19.7 Å². The van der Waals surface area contributed by atoms with Gasteiger partial charge in [-0.25, -0.2) is 0 Å². The first kappa shape index (κ1) is 14.7. The summed E-state index contributed by atoms with van der Waals surface area (Å²) < 4.78 is 0. The van der Waals surface area contributed by atoms with Gasteiger partial charge in [0.25, 0.3) is 11.6 Å². The van der Waals surface area contributed by atoms with Crippen molar-refractivity contribution in [1.82, 2.24) is 0 Å². The number of amides is 2. The SMILES string of the molecule is CN1C(=O)Cc2cc(NC(=O)c3ccccc3[N+](=O)[O-])ccc21. The van der Waals surface area contributed by atoms with Crippen molar-refractivity contribution in [2.75, 3.05) is 17.3 Å². The molecule has 1 aliphatic rings. The fraction of sp³-hybridized carbons (Fsp3) is 0.125. The van der Waals surface area contributed by atoms with Gasteiger partial charge >= 0.3 is 0 Å². The lowest BCUT2D eigenvalue weighted by Crippen LogP contribution is -2.20. The van der Waals surface area contributed by atoms with E-state index in [1.165, 1.54) is 18.2 Å². The van der Waals surface area contributed by atoms with E-state index in [4.69, 9.17) is 0 Å². The van der Waals surface area contributed by atoms with Gasteiger partial charge in [0.1, 0.15) is 5.56 Å². The summed E-state index contributed by atoms with van der Waals surface area (Å²) in [5.41, 5.74) is 1.86. The Bertz CT molecular complexity index is 832. The molecule has 0 bridgehead atoms. The van der Waals surface area contributed by atoms with Gasteiger partial charge in [0.2, 0.25) is 5.91 Å². The number of hydrogen-bond acceptors (Lipinski definition) is 4. The minimum atomic E-state index is -0.592. The van der Waals surface area contributed by atoms with Crippen molar-refractivity contribution in [2.45, 2.75) is 6.42 Å². The molecule has 0 aromatic heterocycles. The molecule has 2 aromatic rings. The number of para-hydroxylation sites is 1. The van der Waals surface area contributed by atoms with Gasteiger partial charge in [-0.15, -0.1) is 0 Å². The van der Waals surface area contributed by atoms with Gasteiger partial charge in [0, 0.05) is 24.5 Å². The maximum absolute atomic E-state index is 12.3. The van der Waals surface area contributed by atoms with Crippen LogP contribution in [0.25, 0.3) is 0 Å². The van der Waals surface area contributed by atoms with Crippen LogP contribution in [0, 0.1) is 10.1 Å². The van der Waals surface area contributed by atoms with Crippen LogP contribution in [0.2, 0.25) is 0 Å². The Morgan fingerprint density at radius 1 is 1.26 bits per heavy atom. The van der Waals surface area contributed by atoms with E-state index in [1.54, 1.807) is 36.2 Å². The number of nitrogens with one attached hydrogen (secondary N) is 1. The van der Waals surface area contributed by atoms with Gasteiger partial charge in [0.05, 0.1) is 11.3 Å². The maximum Gasteiger partial charge on any atom is 0.282 e. The third-order valence-corrected chi connectivity index (χ3v) is 3.76. The lowest BCUT2D eigenvalue weighted by Gasteiger charge is -2.11. The lowest BCUT2D eigenvalue weighted by atomic mass is 10.1. The molecule has 23 heavy (non-hydrogen) atoms. The average Bonchev–Trinajstić information content (AvgIpc) is 2.81. The summed E-state index contributed by atoms with van der Waals surface area (Å²) in [5, 5.41) is 13.6. The Balaban J connectivity index is 1.86. The Morgan fingerprint density at radius 2 is 2.00 bits per heavy atom. The summed E-state index contributed by atoms with van der Waals surface area (Å²) in [4.78, 5) is 35.9. The van der Waals surface area contributed by atoms with Crippen molar-refractivity contribution >= 4 is 28.9 Å². The van der Waals surface area contributed by atoms with Gasteiger partial charge in [-0.3, -0.25) is 19.7 Å². The van der Waals surface area contributed by atoms with Gasteiger partial charge in [-0.1, -0.05) is 12.1 Å². The molecule has 0 aliphatic carbocycles. The van der Waals surface area contributed by atoms with Crippen molar-refractivity contribution in [3.05, 3.63) is 63.7 Å². The van der Waals surface area contributed by atoms with E-state index in [0.29, 0.717) is 5.69 Å². The maximum atomic E-state index is 12.3. The van der Waals surface area contributed by atoms with Crippen molar-refractivity contribution in [2.24, 2.45) is 0 Å². The molecule has 1 heterocycles. The number of benzene rings is 2. The molecule has 0 unspecified atom stereocenters. The quantitative estimate of drug-likeness (QED) is 0.695. The van der Waals surface area contributed by atoms with Crippen LogP contribution >= 0.6 is 0 Å². The second-order valence-electron chi connectivity index (χ2n) is 5.20. The van der Waals surface area contributed by atoms with E-state index in [0.717, 1.165) is 11.3 Å². The standard InChI is InChI=1S/C16H13N3O4/c1-18-13-7-6-11(8-10(13)9-15(18)20)17-16(21)12-4-2-3-5-14(12)19(22)23/h2-8H,9H2,1H3,(H,17,21). The van der Waals surface area contributed by atoms with Crippen LogP contribution < -0.4 is 10.2 Å². The third-order valence-electron chi connectivity index (χ3n) is 3.76. The lowest BCUT2D eigenvalue weighted by molar-refractivity contribution is -0.385. The zero-order chi connectivity index (χ0) is 16.6. The predicted molar refractivity (Wildman–Crippen MR) is 84.6 cm³/mol. The molecule has 0 saturated carbocycles. The van der Waals surface area contributed by atoms with Gasteiger partial charge in [0.15, 0.2) is 0 Å². The van der Waals surface area contributed by atoms with Gasteiger partial charge in [-0.05, 0) is 29.8 Å². The van der Waals surface area contributed by atoms with E-state index in [-0.39, 0.29) is 23.6 Å². The number of nitro groups is 1. The molecule has 7 heteroatoms. The van der Waals surface area contributed by atoms with Crippen LogP contribution in [-0.4, -0.2) is 23.8 Å². The number of likely N-dealkylation sites (N-methyl/N-ethyl adjacent to an activating group) is 1. The van der Waals surface area contributed by atoms with Crippen molar-refractivity contribution in [3.63, 3.8) is 0 Å². The first-order valence-electron chi connectivity index (χ1n) is 6.91. The molecule has 0 atom stereocenters. The summed E-state index contributed by atoms with van der Waals surface area (Å²) in [6.07, 6.45) is 0.279. The Hall–Kier alpha value is -3.22. The highest BCUT2D eigenvalue weighted by molar-refractivity contribution is 6.08. The molecule has 3 rings (SSSR count). The number of hydrogen-bond donors (Lipinski definition) is 1. The molecule has 0 fully saturated rings. The minimum absolute atomic E-state index is 0.00815. The van der Waals surface area contributed by atoms with Crippen LogP contribution in [0.1, 0.15) is 15.9 Å². The number of rotatable bonds is 3. The van der Waals surface area contributed by atoms with E-state index < -0.39 is 10.8 Å². The Morgan fingerprint density at radius 3 is 2.74 bits per heavy atom. The second-order valence-corrected chi connectivity index (χ2v) is 5.20. The molecular weight excluding hydrogens is 298 g/mol. The van der Waals surface area contributed by atoms with Crippen LogP contribution in [0.4, 0.5) is 17.1 Å². The number of carbonyl (C=O) groups is 2. The zero-order valence-electron chi connectivity index (χ0n) is 12.3. The Labute approximate surface area is 131 Å². The zero-order valence-corrected chi connectivity index (χ0v) is 12.3. The first-order valence-corrected chi connectivity index (χ1v) is 6.91. The van der Waals surface area contributed by atoms with Crippen molar-refractivity contribution in [1.29, 1.82) is 0 Å². The van der Waals surface area contributed by atoms with E-state index >= 15 is 0 Å². The molecule has 0 saturated heterocycles. The molecule has 0 spiro atoms. The topological polar surface area (TPSA) is 92.6 Å². The van der Waals surface area contributed by atoms with E-state index in [1.807, 2.05) is 0 Å². The minimum Gasteiger partial charge on any atom is -0.322 e. The molecule has 116 valence electrons. The summed E-state index contributed by atoms with van der Waals surface area (Å²) in [6, 6.07) is 10.9. The number of carbonyl (C=O) groups excluding carboxylic acids is 2. The molecule has 2 aromatic carbocycles. The number of fused-ring (bicyclic) bond motifs is 1. The predicted octanol–water partition coefficient (Wildman–Crippen LogP) is 2.37. The fourth-order valence-electron chi connectivity index (χ4n) is 2.57. The average molecular weight is 311 g/mol.